The summed E-state index contributed by atoms with van der Waals surface area (Å²) in [5, 5.41) is 2.82. The Bertz CT molecular complexity index is 1300. The lowest BCUT2D eigenvalue weighted by molar-refractivity contribution is -0.128. The van der Waals surface area contributed by atoms with E-state index < -0.39 is 17.9 Å². The lowest BCUT2D eigenvalue weighted by Crippen LogP contribution is -2.47. The van der Waals surface area contributed by atoms with E-state index >= 15 is 0 Å². The highest BCUT2D eigenvalue weighted by molar-refractivity contribution is 6.15. The van der Waals surface area contributed by atoms with Crippen LogP contribution in [0.3, 0.4) is 0 Å². The van der Waals surface area contributed by atoms with Gasteiger partial charge in [0, 0.05) is 11.6 Å². The molecule has 0 saturated carbocycles. The first kappa shape index (κ1) is 20.3. The molecule has 6 heteroatoms. The van der Waals surface area contributed by atoms with Crippen LogP contribution in [0.5, 0.6) is 5.75 Å². The molecular weight excluding hydrogens is 390 g/mol. The standard InChI is InChI=1S/C25H23N3O3/c1-15-8-6-12-22(16(15)2)31-17(3)24(29)27-28-25(30)21-14-18-9-4-5-10-19(18)20-11-7-13-26-23(20)21/h4-14,17H,1-3H3,(H,27,29)(H,28,30)/t17-/m0/s1. The van der Waals surface area contributed by atoms with E-state index in [-0.39, 0.29) is 0 Å². The highest BCUT2D eigenvalue weighted by atomic mass is 16.5. The van der Waals surface area contributed by atoms with Gasteiger partial charge in [0.25, 0.3) is 11.8 Å². The van der Waals surface area contributed by atoms with E-state index in [0.29, 0.717) is 16.8 Å². The average Bonchev–Trinajstić information content (AvgIpc) is 2.79. The van der Waals surface area contributed by atoms with Crippen LogP contribution in [0, 0.1) is 13.8 Å². The number of amides is 2. The van der Waals surface area contributed by atoms with Crippen LogP contribution < -0.4 is 15.6 Å². The SMILES string of the molecule is Cc1cccc(O[C@@H](C)C(=O)NNC(=O)c2cc3ccccc3c3cccnc23)c1C. The third kappa shape index (κ3) is 4.05. The molecule has 0 unspecified atom stereocenters. The van der Waals surface area contributed by atoms with E-state index in [4.69, 9.17) is 4.74 Å². The van der Waals surface area contributed by atoms with E-state index in [1.807, 2.05) is 68.4 Å². The van der Waals surface area contributed by atoms with Crippen molar-refractivity contribution in [2.45, 2.75) is 26.9 Å². The summed E-state index contributed by atoms with van der Waals surface area (Å²) in [6.07, 6.45) is 0.860. The van der Waals surface area contributed by atoms with Gasteiger partial charge in [0.15, 0.2) is 6.10 Å². The van der Waals surface area contributed by atoms with E-state index in [2.05, 4.69) is 15.8 Å². The van der Waals surface area contributed by atoms with Crippen LogP contribution in [0.4, 0.5) is 0 Å². The van der Waals surface area contributed by atoms with E-state index in [1.54, 1.807) is 19.2 Å². The molecule has 1 aromatic heterocycles. The molecule has 6 nitrogen and oxygen atoms in total. The number of hydrogen-bond acceptors (Lipinski definition) is 4. The fraction of sp³-hybridized carbons (Fsp3) is 0.160. The number of aromatic nitrogens is 1. The quantitative estimate of drug-likeness (QED) is 0.388. The molecule has 4 aromatic rings. The summed E-state index contributed by atoms with van der Waals surface area (Å²) in [4.78, 5) is 29.8. The smallest absolute Gasteiger partial charge is 0.279 e. The highest BCUT2D eigenvalue weighted by Gasteiger charge is 2.19. The van der Waals surface area contributed by atoms with Crippen LogP contribution in [0.15, 0.2) is 66.9 Å². The summed E-state index contributed by atoms with van der Waals surface area (Å²) in [5.41, 5.74) is 7.96. The van der Waals surface area contributed by atoms with Crippen molar-refractivity contribution >= 4 is 33.5 Å². The fourth-order valence-corrected chi connectivity index (χ4v) is 3.49. The second kappa shape index (κ2) is 8.44. The number of fused-ring (bicyclic) bond motifs is 3. The van der Waals surface area contributed by atoms with Crippen molar-refractivity contribution in [3.05, 3.63) is 83.6 Å². The highest BCUT2D eigenvalue weighted by Crippen LogP contribution is 2.27. The fourth-order valence-electron chi connectivity index (χ4n) is 3.49. The third-order valence-corrected chi connectivity index (χ3v) is 5.39. The van der Waals surface area contributed by atoms with Gasteiger partial charge in [0.2, 0.25) is 0 Å². The number of nitrogens with one attached hydrogen (secondary N) is 2. The number of carbonyl (C=O) groups is 2. The number of carbonyl (C=O) groups excluding carboxylic acids is 2. The monoisotopic (exact) mass is 413 g/mol. The van der Waals surface area contributed by atoms with Gasteiger partial charge in [-0.3, -0.25) is 25.4 Å². The van der Waals surface area contributed by atoms with Gasteiger partial charge in [-0.25, -0.2) is 0 Å². The van der Waals surface area contributed by atoms with Gasteiger partial charge >= 0.3 is 0 Å². The summed E-state index contributed by atoms with van der Waals surface area (Å²) in [7, 11) is 0. The molecule has 0 aliphatic carbocycles. The topological polar surface area (TPSA) is 80.3 Å². The molecule has 1 atom stereocenters. The third-order valence-electron chi connectivity index (χ3n) is 5.39. The van der Waals surface area contributed by atoms with Gasteiger partial charge in [-0.1, -0.05) is 42.5 Å². The van der Waals surface area contributed by atoms with E-state index in [1.165, 1.54) is 0 Å². The van der Waals surface area contributed by atoms with Crippen LogP contribution >= 0.6 is 0 Å². The Morgan fingerprint density at radius 1 is 0.935 bits per heavy atom. The number of aryl methyl sites for hydroxylation is 1. The summed E-state index contributed by atoms with van der Waals surface area (Å²) < 4.78 is 5.78. The average molecular weight is 413 g/mol. The number of nitrogens with zero attached hydrogens (tertiary/aromatic N) is 1. The van der Waals surface area contributed by atoms with Crippen molar-refractivity contribution in [2.24, 2.45) is 0 Å². The van der Waals surface area contributed by atoms with Gasteiger partial charge in [-0.05, 0) is 60.9 Å². The van der Waals surface area contributed by atoms with Crippen molar-refractivity contribution in [3.63, 3.8) is 0 Å². The largest absolute Gasteiger partial charge is 0.481 e. The summed E-state index contributed by atoms with van der Waals surface area (Å²) in [5.74, 6) is -0.257. The Morgan fingerprint density at radius 3 is 2.55 bits per heavy atom. The van der Waals surface area contributed by atoms with E-state index in [0.717, 1.165) is 27.3 Å². The lowest BCUT2D eigenvalue weighted by atomic mass is 10.0. The van der Waals surface area contributed by atoms with Gasteiger partial charge in [0.1, 0.15) is 5.75 Å². The zero-order valence-electron chi connectivity index (χ0n) is 17.6. The number of hydrogen-bond donors (Lipinski definition) is 2. The zero-order valence-corrected chi connectivity index (χ0v) is 17.6. The predicted molar refractivity (Wildman–Crippen MR) is 121 cm³/mol. The lowest BCUT2D eigenvalue weighted by Gasteiger charge is -2.17. The van der Waals surface area contributed by atoms with Crippen LogP contribution in [0.25, 0.3) is 21.7 Å². The number of ether oxygens (including phenoxy) is 1. The maximum Gasteiger partial charge on any atom is 0.279 e. The first-order valence-corrected chi connectivity index (χ1v) is 10.0. The van der Waals surface area contributed by atoms with Gasteiger partial charge in [0.05, 0.1) is 11.1 Å². The minimum Gasteiger partial charge on any atom is -0.481 e. The van der Waals surface area contributed by atoms with Crippen LogP contribution in [-0.2, 0) is 4.79 Å². The molecule has 0 saturated heterocycles. The molecule has 2 amide bonds. The van der Waals surface area contributed by atoms with Crippen molar-refractivity contribution in [3.8, 4) is 5.75 Å². The molecule has 31 heavy (non-hydrogen) atoms. The molecule has 156 valence electrons. The Balaban J connectivity index is 1.51. The molecule has 0 radical (unpaired) electrons. The summed E-state index contributed by atoms with van der Waals surface area (Å²) in [6.45, 7) is 5.56. The molecule has 4 rings (SSSR count). The molecule has 1 heterocycles. The predicted octanol–water partition coefficient (Wildman–Crippen LogP) is 4.23. The van der Waals surface area contributed by atoms with Crippen LogP contribution in [0.2, 0.25) is 0 Å². The number of rotatable bonds is 4. The van der Waals surface area contributed by atoms with E-state index in [9.17, 15) is 9.59 Å². The molecule has 2 N–H and O–H groups in total. The minimum absolute atomic E-state index is 0.387. The van der Waals surface area contributed by atoms with Gasteiger partial charge in [-0.2, -0.15) is 0 Å². The molecule has 0 fully saturated rings. The van der Waals surface area contributed by atoms with Gasteiger partial charge in [-0.15, -0.1) is 0 Å². The first-order valence-electron chi connectivity index (χ1n) is 10.0. The number of hydrazine groups is 1. The minimum atomic E-state index is -0.785. The normalized spacial score (nSPS) is 11.8. The van der Waals surface area contributed by atoms with Gasteiger partial charge < -0.3 is 4.74 Å². The van der Waals surface area contributed by atoms with Crippen LogP contribution in [0.1, 0.15) is 28.4 Å². The maximum atomic E-state index is 12.9. The van der Waals surface area contributed by atoms with Crippen molar-refractivity contribution in [1.82, 2.24) is 15.8 Å². The summed E-state index contributed by atoms with van der Waals surface area (Å²) in [6, 6.07) is 19.0. The van der Waals surface area contributed by atoms with Crippen molar-refractivity contribution in [2.75, 3.05) is 0 Å². The van der Waals surface area contributed by atoms with Crippen LogP contribution in [-0.4, -0.2) is 22.9 Å². The Kier molecular flexibility index (Phi) is 5.54. The molecule has 0 aliphatic heterocycles. The molecular formula is C25H23N3O3. The Labute approximate surface area is 180 Å². The zero-order chi connectivity index (χ0) is 22.0. The second-order valence-corrected chi connectivity index (χ2v) is 7.45. The first-order chi connectivity index (χ1) is 15.0. The molecule has 0 aliphatic rings. The molecule has 3 aromatic carbocycles. The maximum absolute atomic E-state index is 12.9. The number of pyridine rings is 1. The molecule has 0 spiro atoms. The number of benzene rings is 3. The Hall–Kier alpha value is -3.93. The summed E-state index contributed by atoms with van der Waals surface area (Å²) >= 11 is 0. The second-order valence-electron chi connectivity index (χ2n) is 7.45. The van der Waals surface area contributed by atoms with Crippen molar-refractivity contribution < 1.29 is 14.3 Å². The van der Waals surface area contributed by atoms with Crippen molar-refractivity contribution in [1.29, 1.82) is 0 Å². The molecule has 0 bridgehead atoms. The Morgan fingerprint density at radius 2 is 1.71 bits per heavy atom.